The summed E-state index contributed by atoms with van der Waals surface area (Å²) < 4.78 is 18.4. The van der Waals surface area contributed by atoms with E-state index in [0.717, 1.165) is 49.7 Å². The molecule has 2 aromatic carbocycles. The number of likely N-dealkylation sites (N-methyl/N-ethyl adjacent to an activating group) is 1. The normalized spacial score (nSPS) is 15.1. The molecular formula is C21H26FN3O2. The molecule has 5 nitrogen and oxygen atoms in total. The SMILES string of the molecule is CN(CC(=O)Nc1ccccc1CN1CCOCC1)Cc1ccc(F)cc1. The third-order valence-electron chi connectivity index (χ3n) is 4.57. The zero-order valence-corrected chi connectivity index (χ0v) is 15.7. The number of hydrogen-bond acceptors (Lipinski definition) is 4. The molecule has 0 spiro atoms. The van der Waals surface area contributed by atoms with Crippen LogP contribution in [0.15, 0.2) is 48.5 Å². The second-order valence-corrected chi connectivity index (χ2v) is 6.89. The summed E-state index contributed by atoms with van der Waals surface area (Å²) in [7, 11) is 1.88. The van der Waals surface area contributed by atoms with Crippen LogP contribution < -0.4 is 5.32 Å². The van der Waals surface area contributed by atoms with Crippen LogP contribution in [0.1, 0.15) is 11.1 Å². The van der Waals surface area contributed by atoms with Crippen molar-refractivity contribution in [3.63, 3.8) is 0 Å². The summed E-state index contributed by atoms with van der Waals surface area (Å²) in [6.45, 7) is 4.97. The van der Waals surface area contributed by atoms with Crippen LogP contribution in [0.2, 0.25) is 0 Å². The zero-order chi connectivity index (χ0) is 19.1. The molecule has 27 heavy (non-hydrogen) atoms. The largest absolute Gasteiger partial charge is 0.379 e. The summed E-state index contributed by atoms with van der Waals surface area (Å²) in [5.41, 5.74) is 2.93. The number of hydrogen-bond donors (Lipinski definition) is 1. The average Bonchev–Trinajstić information content (AvgIpc) is 2.66. The number of morpholine rings is 1. The van der Waals surface area contributed by atoms with E-state index >= 15 is 0 Å². The van der Waals surface area contributed by atoms with E-state index in [4.69, 9.17) is 4.74 Å². The molecule has 0 radical (unpaired) electrons. The lowest BCUT2D eigenvalue weighted by atomic mass is 10.1. The molecule has 0 aromatic heterocycles. The highest BCUT2D eigenvalue weighted by Gasteiger charge is 2.14. The molecule has 1 fully saturated rings. The highest BCUT2D eigenvalue weighted by molar-refractivity contribution is 5.92. The lowest BCUT2D eigenvalue weighted by Gasteiger charge is -2.27. The Morgan fingerprint density at radius 3 is 2.59 bits per heavy atom. The molecule has 1 N–H and O–H groups in total. The van der Waals surface area contributed by atoms with Crippen LogP contribution in [-0.2, 0) is 22.6 Å². The van der Waals surface area contributed by atoms with Crippen LogP contribution in [0.3, 0.4) is 0 Å². The summed E-state index contributed by atoms with van der Waals surface area (Å²) >= 11 is 0. The van der Waals surface area contributed by atoms with Gasteiger partial charge in [0.1, 0.15) is 5.82 Å². The van der Waals surface area contributed by atoms with Crippen molar-refractivity contribution >= 4 is 11.6 Å². The van der Waals surface area contributed by atoms with Gasteiger partial charge in [0.05, 0.1) is 19.8 Å². The average molecular weight is 371 g/mol. The summed E-state index contributed by atoms with van der Waals surface area (Å²) in [6, 6.07) is 14.3. The second kappa shape index (κ2) is 9.60. The van der Waals surface area contributed by atoms with E-state index in [2.05, 4.69) is 10.2 Å². The maximum absolute atomic E-state index is 13.0. The van der Waals surface area contributed by atoms with Gasteiger partial charge in [-0.15, -0.1) is 0 Å². The quantitative estimate of drug-likeness (QED) is 0.813. The smallest absolute Gasteiger partial charge is 0.238 e. The minimum Gasteiger partial charge on any atom is -0.379 e. The van der Waals surface area contributed by atoms with Crippen LogP contribution in [0.25, 0.3) is 0 Å². The van der Waals surface area contributed by atoms with E-state index in [1.165, 1.54) is 12.1 Å². The molecule has 1 saturated heterocycles. The molecule has 0 aliphatic carbocycles. The van der Waals surface area contributed by atoms with Gasteiger partial charge in [-0.2, -0.15) is 0 Å². The first-order valence-corrected chi connectivity index (χ1v) is 9.21. The Morgan fingerprint density at radius 1 is 1.15 bits per heavy atom. The molecule has 2 aromatic rings. The highest BCUT2D eigenvalue weighted by atomic mass is 19.1. The van der Waals surface area contributed by atoms with Crippen molar-refractivity contribution in [2.24, 2.45) is 0 Å². The van der Waals surface area contributed by atoms with Crippen molar-refractivity contribution in [3.8, 4) is 0 Å². The van der Waals surface area contributed by atoms with Crippen molar-refractivity contribution in [1.82, 2.24) is 9.80 Å². The summed E-state index contributed by atoms with van der Waals surface area (Å²) in [4.78, 5) is 16.7. The fourth-order valence-corrected chi connectivity index (χ4v) is 3.17. The number of carbonyl (C=O) groups is 1. The third-order valence-corrected chi connectivity index (χ3v) is 4.57. The van der Waals surface area contributed by atoms with E-state index in [1.807, 2.05) is 36.2 Å². The molecule has 1 aliphatic heterocycles. The molecule has 1 aliphatic rings. The van der Waals surface area contributed by atoms with Crippen LogP contribution in [0.4, 0.5) is 10.1 Å². The first-order valence-electron chi connectivity index (χ1n) is 9.21. The number of nitrogens with one attached hydrogen (secondary N) is 1. The molecule has 6 heteroatoms. The minimum atomic E-state index is -0.254. The molecule has 1 amide bonds. The van der Waals surface area contributed by atoms with Gasteiger partial charge in [-0.05, 0) is 36.4 Å². The maximum atomic E-state index is 13.0. The monoisotopic (exact) mass is 371 g/mol. The Hall–Kier alpha value is -2.28. The van der Waals surface area contributed by atoms with Crippen molar-refractivity contribution in [2.45, 2.75) is 13.1 Å². The van der Waals surface area contributed by atoms with E-state index in [-0.39, 0.29) is 18.3 Å². The number of ether oxygens (including phenoxy) is 1. The predicted molar refractivity (Wildman–Crippen MR) is 104 cm³/mol. The third kappa shape index (κ3) is 6.13. The van der Waals surface area contributed by atoms with E-state index < -0.39 is 0 Å². The number of halogens is 1. The topological polar surface area (TPSA) is 44.8 Å². The van der Waals surface area contributed by atoms with Gasteiger partial charge in [-0.3, -0.25) is 14.6 Å². The van der Waals surface area contributed by atoms with Crippen LogP contribution in [0, 0.1) is 5.82 Å². The van der Waals surface area contributed by atoms with Gasteiger partial charge in [-0.25, -0.2) is 4.39 Å². The van der Waals surface area contributed by atoms with Gasteiger partial charge in [-0.1, -0.05) is 30.3 Å². The molecule has 0 bridgehead atoms. The molecular weight excluding hydrogens is 345 g/mol. The fraction of sp³-hybridized carbons (Fsp3) is 0.381. The minimum absolute atomic E-state index is 0.0611. The highest BCUT2D eigenvalue weighted by Crippen LogP contribution is 2.18. The zero-order valence-electron chi connectivity index (χ0n) is 15.7. The molecule has 0 atom stereocenters. The lowest BCUT2D eigenvalue weighted by molar-refractivity contribution is -0.117. The van der Waals surface area contributed by atoms with Crippen molar-refractivity contribution in [2.75, 3.05) is 45.2 Å². The van der Waals surface area contributed by atoms with E-state index in [1.54, 1.807) is 12.1 Å². The summed E-state index contributed by atoms with van der Waals surface area (Å²) in [5, 5.41) is 3.03. The maximum Gasteiger partial charge on any atom is 0.238 e. The number of anilines is 1. The van der Waals surface area contributed by atoms with E-state index in [0.29, 0.717) is 6.54 Å². The molecule has 0 saturated carbocycles. The van der Waals surface area contributed by atoms with Crippen molar-refractivity contribution in [1.29, 1.82) is 0 Å². The summed E-state index contributed by atoms with van der Waals surface area (Å²) in [5.74, 6) is -0.315. The Balaban J connectivity index is 1.54. The Morgan fingerprint density at radius 2 is 1.85 bits per heavy atom. The Bertz CT molecular complexity index is 745. The van der Waals surface area contributed by atoms with Crippen LogP contribution in [-0.4, -0.2) is 55.6 Å². The Kier molecular flexibility index (Phi) is 6.92. The van der Waals surface area contributed by atoms with Gasteiger partial charge in [0.15, 0.2) is 0 Å². The number of para-hydroxylation sites is 1. The summed E-state index contributed by atoms with van der Waals surface area (Å²) in [6.07, 6.45) is 0. The number of rotatable bonds is 7. The first-order chi connectivity index (χ1) is 13.1. The number of nitrogens with zero attached hydrogens (tertiary/aromatic N) is 2. The molecule has 3 rings (SSSR count). The Labute approximate surface area is 159 Å². The van der Waals surface area contributed by atoms with Gasteiger partial charge >= 0.3 is 0 Å². The van der Waals surface area contributed by atoms with Crippen molar-refractivity contribution < 1.29 is 13.9 Å². The molecule has 144 valence electrons. The number of carbonyl (C=O) groups excluding carboxylic acids is 1. The lowest BCUT2D eigenvalue weighted by Crippen LogP contribution is -2.36. The molecule has 0 unspecified atom stereocenters. The first kappa shape index (κ1) is 19.5. The van der Waals surface area contributed by atoms with Gasteiger partial charge in [0.2, 0.25) is 5.91 Å². The predicted octanol–water partition coefficient (Wildman–Crippen LogP) is 2.73. The standard InChI is InChI=1S/C21H26FN3O2/c1-24(14-17-6-8-19(22)9-7-17)16-21(26)23-20-5-3-2-4-18(20)15-25-10-12-27-13-11-25/h2-9H,10-16H2,1H3,(H,23,26). The fourth-order valence-electron chi connectivity index (χ4n) is 3.17. The van der Waals surface area contributed by atoms with E-state index in [9.17, 15) is 9.18 Å². The van der Waals surface area contributed by atoms with Gasteiger partial charge in [0.25, 0.3) is 0 Å². The van der Waals surface area contributed by atoms with Crippen molar-refractivity contribution in [3.05, 3.63) is 65.5 Å². The number of amides is 1. The van der Waals surface area contributed by atoms with Crippen LogP contribution in [0.5, 0.6) is 0 Å². The van der Waals surface area contributed by atoms with Crippen LogP contribution >= 0.6 is 0 Å². The number of benzene rings is 2. The van der Waals surface area contributed by atoms with Gasteiger partial charge < -0.3 is 10.1 Å². The van der Waals surface area contributed by atoms with Gasteiger partial charge in [0, 0.05) is 31.9 Å². The second-order valence-electron chi connectivity index (χ2n) is 6.89. The molecule has 1 heterocycles.